The Kier molecular flexibility index (Phi) is 10.1. The van der Waals surface area contributed by atoms with Crippen molar-refractivity contribution in [1.29, 1.82) is 0 Å². The summed E-state index contributed by atoms with van der Waals surface area (Å²) in [6, 6.07) is 13.2. The highest BCUT2D eigenvalue weighted by molar-refractivity contribution is 7.99. The average molecular weight is 544 g/mol. The number of carbonyl (C=O) groups excluding carboxylic acids is 3. The van der Waals surface area contributed by atoms with Crippen molar-refractivity contribution in [3.63, 3.8) is 0 Å². The molecule has 0 spiro atoms. The van der Waals surface area contributed by atoms with Gasteiger partial charge in [0.2, 0.25) is 5.91 Å². The van der Waals surface area contributed by atoms with E-state index in [9.17, 15) is 14.4 Å². The van der Waals surface area contributed by atoms with Crippen LogP contribution in [0.2, 0.25) is 5.02 Å². The van der Waals surface area contributed by atoms with Gasteiger partial charge in [0.25, 0.3) is 5.91 Å². The van der Waals surface area contributed by atoms with Crippen molar-refractivity contribution in [3.05, 3.63) is 70.5 Å². The molecule has 0 saturated heterocycles. The van der Waals surface area contributed by atoms with Crippen molar-refractivity contribution in [2.75, 3.05) is 17.7 Å². The zero-order valence-electron chi connectivity index (χ0n) is 21.2. The summed E-state index contributed by atoms with van der Waals surface area (Å²) in [6.45, 7) is 8.47. The molecule has 2 amide bonds. The number of carbonyl (C=O) groups is 3. The number of hydrogen-bond donors (Lipinski definition) is 2. The zero-order chi connectivity index (χ0) is 26.9. The van der Waals surface area contributed by atoms with Gasteiger partial charge in [-0.3, -0.25) is 9.59 Å². The van der Waals surface area contributed by atoms with Gasteiger partial charge in [-0.1, -0.05) is 55.4 Å². The van der Waals surface area contributed by atoms with E-state index in [1.165, 1.54) is 30.0 Å². The molecular weight excluding hydrogens is 514 g/mol. The first-order valence-corrected chi connectivity index (χ1v) is 13.3. The zero-order valence-corrected chi connectivity index (χ0v) is 22.7. The normalized spacial score (nSPS) is 11.7. The van der Waals surface area contributed by atoms with Gasteiger partial charge < -0.3 is 19.9 Å². The molecule has 0 aliphatic carbocycles. The van der Waals surface area contributed by atoms with Gasteiger partial charge >= 0.3 is 5.97 Å². The van der Waals surface area contributed by atoms with Crippen molar-refractivity contribution < 1.29 is 19.1 Å². The van der Waals surface area contributed by atoms with E-state index in [2.05, 4.69) is 20.8 Å². The number of aromatic nitrogens is 3. The molecule has 0 bridgehead atoms. The van der Waals surface area contributed by atoms with Crippen LogP contribution in [0, 0.1) is 5.92 Å². The Labute approximate surface area is 225 Å². The second-order valence-electron chi connectivity index (χ2n) is 8.40. The summed E-state index contributed by atoms with van der Waals surface area (Å²) in [5.74, 6) is -0.294. The first-order valence-electron chi connectivity index (χ1n) is 11.9. The molecule has 9 nitrogen and oxygen atoms in total. The number of nitrogens with zero attached hydrogens (tertiary/aromatic N) is 3. The summed E-state index contributed by atoms with van der Waals surface area (Å²) in [6.07, 6.45) is 0. The van der Waals surface area contributed by atoms with Crippen molar-refractivity contribution in [2.45, 2.75) is 45.4 Å². The van der Waals surface area contributed by atoms with Gasteiger partial charge in [0, 0.05) is 12.1 Å². The molecule has 1 heterocycles. The Morgan fingerprint density at radius 2 is 1.78 bits per heavy atom. The minimum absolute atomic E-state index is 0.0425. The number of hydrogen-bond acceptors (Lipinski definition) is 7. The summed E-state index contributed by atoms with van der Waals surface area (Å²) in [7, 11) is 0. The first-order chi connectivity index (χ1) is 17.7. The highest BCUT2D eigenvalue weighted by Crippen LogP contribution is 2.27. The van der Waals surface area contributed by atoms with Gasteiger partial charge in [-0.05, 0) is 50.1 Å². The molecule has 0 fully saturated rings. The van der Waals surface area contributed by atoms with Crippen LogP contribution < -0.4 is 10.6 Å². The number of nitrogens with one attached hydrogen (secondary N) is 2. The van der Waals surface area contributed by atoms with E-state index < -0.39 is 5.97 Å². The summed E-state index contributed by atoms with van der Waals surface area (Å²) in [5, 5.41) is 15.3. The highest BCUT2D eigenvalue weighted by Gasteiger charge is 2.26. The predicted molar refractivity (Wildman–Crippen MR) is 144 cm³/mol. The molecule has 0 saturated carbocycles. The number of thioether (sulfide) groups is 1. The minimum Gasteiger partial charge on any atom is -0.462 e. The molecule has 37 heavy (non-hydrogen) atoms. The molecule has 2 aromatic carbocycles. The summed E-state index contributed by atoms with van der Waals surface area (Å²) < 4.78 is 6.89. The standard InChI is InChI=1S/C26H30ClN5O4S/c1-5-32-23(22(16(3)4)29-24(34)17-10-8-7-9-11-17)30-31-26(32)37-15-21(33)28-20-14-18(12-13-19(20)27)25(35)36-6-2/h7-14,16,22H,5-6,15H2,1-4H3,(H,28,33)(H,29,34). The molecule has 0 aliphatic rings. The molecule has 0 aliphatic heterocycles. The number of anilines is 1. The van der Waals surface area contributed by atoms with Crippen LogP contribution in [0.3, 0.4) is 0 Å². The number of halogens is 1. The summed E-state index contributed by atoms with van der Waals surface area (Å²) in [5.41, 5.74) is 1.17. The second kappa shape index (κ2) is 13.3. The van der Waals surface area contributed by atoms with Gasteiger partial charge in [-0.15, -0.1) is 10.2 Å². The van der Waals surface area contributed by atoms with Gasteiger partial charge in [-0.2, -0.15) is 0 Å². The third-order valence-electron chi connectivity index (χ3n) is 5.41. The number of amides is 2. The van der Waals surface area contributed by atoms with E-state index in [4.69, 9.17) is 16.3 Å². The van der Waals surface area contributed by atoms with Gasteiger partial charge in [-0.25, -0.2) is 4.79 Å². The number of ether oxygens (including phenoxy) is 1. The first kappa shape index (κ1) is 28.2. The molecule has 3 aromatic rings. The maximum Gasteiger partial charge on any atom is 0.338 e. The lowest BCUT2D eigenvalue weighted by atomic mass is 10.0. The quantitative estimate of drug-likeness (QED) is 0.259. The smallest absolute Gasteiger partial charge is 0.338 e. The monoisotopic (exact) mass is 543 g/mol. The SMILES string of the molecule is CCOC(=O)c1ccc(Cl)c(NC(=O)CSc2nnc(C(NC(=O)c3ccccc3)C(C)C)n2CC)c1. The predicted octanol–water partition coefficient (Wildman–Crippen LogP) is 4.99. The summed E-state index contributed by atoms with van der Waals surface area (Å²) in [4.78, 5) is 37.5. The van der Waals surface area contributed by atoms with Crippen molar-refractivity contribution >= 4 is 46.8 Å². The Morgan fingerprint density at radius 3 is 2.43 bits per heavy atom. The average Bonchev–Trinajstić information content (AvgIpc) is 3.30. The third kappa shape index (κ3) is 7.33. The second-order valence-corrected chi connectivity index (χ2v) is 9.75. The fourth-order valence-corrected chi connectivity index (χ4v) is 4.53. The fourth-order valence-electron chi connectivity index (χ4n) is 3.56. The topological polar surface area (TPSA) is 115 Å². The van der Waals surface area contributed by atoms with Crippen LogP contribution in [0.25, 0.3) is 0 Å². The number of esters is 1. The van der Waals surface area contributed by atoms with Gasteiger partial charge in [0.1, 0.15) is 0 Å². The third-order valence-corrected chi connectivity index (χ3v) is 6.71. The van der Waals surface area contributed by atoms with E-state index >= 15 is 0 Å². The molecular formula is C26H30ClN5O4S. The number of rotatable bonds is 11. The highest BCUT2D eigenvalue weighted by atomic mass is 35.5. The molecule has 1 unspecified atom stereocenters. The molecule has 1 aromatic heterocycles. The molecule has 2 N–H and O–H groups in total. The molecule has 3 rings (SSSR count). The van der Waals surface area contributed by atoms with Crippen LogP contribution >= 0.6 is 23.4 Å². The Hall–Kier alpha value is -3.37. The van der Waals surface area contributed by atoms with Crippen LogP contribution in [0.15, 0.2) is 53.7 Å². The maximum absolute atomic E-state index is 12.8. The maximum atomic E-state index is 12.8. The van der Waals surface area contributed by atoms with E-state index in [1.54, 1.807) is 19.1 Å². The van der Waals surface area contributed by atoms with Crippen molar-refractivity contribution in [1.82, 2.24) is 20.1 Å². The van der Waals surface area contributed by atoms with Crippen LogP contribution in [0.5, 0.6) is 0 Å². The van der Waals surface area contributed by atoms with Crippen molar-refractivity contribution in [2.24, 2.45) is 5.92 Å². The van der Waals surface area contributed by atoms with E-state index in [0.717, 1.165) is 0 Å². The molecule has 11 heteroatoms. The lowest BCUT2D eigenvalue weighted by Gasteiger charge is -2.22. The van der Waals surface area contributed by atoms with E-state index in [1.807, 2.05) is 43.5 Å². The van der Waals surface area contributed by atoms with Crippen molar-refractivity contribution in [3.8, 4) is 0 Å². The van der Waals surface area contributed by atoms with E-state index in [-0.39, 0.29) is 36.1 Å². The molecule has 1 atom stereocenters. The van der Waals surface area contributed by atoms with Gasteiger partial charge in [0.15, 0.2) is 11.0 Å². The van der Waals surface area contributed by atoms with Crippen LogP contribution in [-0.4, -0.2) is 44.9 Å². The Bertz CT molecular complexity index is 1250. The Balaban J connectivity index is 1.70. The lowest BCUT2D eigenvalue weighted by molar-refractivity contribution is -0.113. The lowest BCUT2D eigenvalue weighted by Crippen LogP contribution is -2.33. The van der Waals surface area contributed by atoms with Crippen LogP contribution in [0.4, 0.5) is 5.69 Å². The largest absolute Gasteiger partial charge is 0.462 e. The van der Waals surface area contributed by atoms with Gasteiger partial charge in [0.05, 0.1) is 34.7 Å². The molecule has 196 valence electrons. The molecule has 0 radical (unpaired) electrons. The summed E-state index contributed by atoms with van der Waals surface area (Å²) >= 11 is 7.42. The fraction of sp³-hybridized carbons (Fsp3) is 0.346. The number of benzene rings is 2. The minimum atomic E-state index is -0.494. The van der Waals surface area contributed by atoms with E-state index in [0.29, 0.717) is 39.4 Å². The Morgan fingerprint density at radius 1 is 1.05 bits per heavy atom. The van der Waals surface area contributed by atoms with Crippen LogP contribution in [-0.2, 0) is 16.1 Å². The van der Waals surface area contributed by atoms with Crippen LogP contribution in [0.1, 0.15) is 60.3 Å².